The van der Waals surface area contributed by atoms with Crippen molar-refractivity contribution in [1.29, 1.82) is 0 Å². The standard InChI is InChI=1S/C19H35N5S.HI/c1-5-20-19(22-14-18-23-16(3)17(4)25-18)21-11-7-9-13-24-12-8-6-10-15(24)2;/h15H,5-14H2,1-4H3,(H2,20,21,22);1H. The van der Waals surface area contributed by atoms with Crippen LogP contribution in [0.15, 0.2) is 4.99 Å². The SMILES string of the molecule is CCNC(=NCc1nc(C)c(C)s1)NCCCCN1CCCCC1C.I. The average Bonchev–Trinajstić information content (AvgIpc) is 2.92. The highest BCUT2D eigenvalue weighted by Crippen LogP contribution is 2.17. The van der Waals surface area contributed by atoms with E-state index < -0.39 is 0 Å². The topological polar surface area (TPSA) is 52.6 Å². The summed E-state index contributed by atoms with van der Waals surface area (Å²) in [6.07, 6.45) is 6.57. The number of hydrogen-bond acceptors (Lipinski definition) is 4. The second-order valence-corrected chi connectivity index (χ2v) is 8.25. The normalized spacial score (nSPS) is 18.5. The molecule has 1 fully saturated rings. The van der Waals surface area contributed by atoms with Crippen molar-refractivity contribution < 1.29 is 0 Å². The van der Waals surface area contributed by atoms with E-state index in [1.165, 1.54) is 50.1 Å². The molecular formula is C19H36IN5S. The van der Waals surface area contributed by atoms with Crippen molar-refractivity contribution in [3.63, 3.8) is 0 Å². The molecule has 0 spiro atoms. The first-order valence-corrected chi connectivity index (χ1v) is 10.6. The molecular weight excluding hydrogens is 457 g/mol. The molecule has 26 heavy (non-hydrogen) atoms. The van der Waals surface area contributed by atoms with E-state index in [0.717, 1.165) is 35.8 Å². The van der Waals surface area contributed by atoms with Gasteiger partial charge in [0.1, 0.15) is 5.01 Å². The predicted molar refractivity (Wildman–Crippen MR) is 124 cm³/mol. The zero-order chi connectivity index (χ0) is 18.1. The molecule has 1 aliphatic rings. The van der Waals surface area contributed by atoms with Crippen LogP contribution in [0.4, 0.5) is 0 Å². The summed E-state index contributed by atoms with van der Waals surface area (Å²) in [6.45, 7) is 13.7. The van der Waals surface area contributed by atoms with Crippen LogP contribution in [-0.2, 0) is 6.54 Å². The van der Waals surface area contributed by atoms with Crippen LogP contribution >= 0.6 is 35.3 Å². The van der Waals surface area contributed by atoms with E-state index in [1.807, 2.05) is 0 Å². The summed E-state index contributed by atoms with van der Waals surface area (Å²) in [5, 5.41) is 7.87. The van der Waals surface area contributed by atoms with E-state index >= 15 is 0 Å². The van der Waals surface area contributed by atoms with Crippen LogP contribution in [0.1, 0.15) is 61.5 Å². The molecule has 0 aliphatic carbocycles. The highest BCUT2D eigenvalue weighted by atomic mass is 127. The third-order valence-corrected chi connectivity index (χ3v) is 5.95. The fourth-order valence-electron chi connectivity index (χ4n) is 3.23. The molecule has 5 nitrogen and oxygen atoms in total. The number of aryl methyl sites for hydroxylation is 2. The minimum atomic E-state index is 0. The summed E-state index contributed by atoms with van der Waals surface area (Å²) in [4.78, 5) is 13.2. The molecule has 150 valence electrons. The molecule has 2 heterocycles. The number of rotatable bonds is 8. The van der Waals surface area contributed by atoms with Gasteiger partial charge in [-0.1, -0.05) is 6.42 Å². The molecule has 7 heteroatoms. The van der Waals surface area contributed by atoms with Crippen LogP contribution in [-0.4, -0.2) is 48.1 Å². The van der Waals surface area contributed by atoms with Gasteiger partial charge in [-0.25, -0.2) is 9.98 Å². The Labute approximate surface area is 180 Å². The molecule has 1 unspecified atom stereocenters. The quantitative estimate of drug-likeness (QED) is 0.248. The first kappa shape index (κ1) is 23.6. The minimum absolute atomic E-state index is 0. The van der Waals surface area contributed by atoms with Gasteiger partial charge in [0.25, 0.3) is 0 Å². The summed E-state index contributed by atoms with van der Waals surface area (Å²) in [5.41, 5.74) is 1.13. The summed E-state index contributed by atoms with van der Waals surface area (Å²) in [6, 6.07) is 0.769. The van der Waals surface area contributed by atoms with Crippen LogP contribution in [0.5, 0.6) is 0 Å². The summed E-state index contributed by atoms with van der Waals surface area (Å²) >= 11 is 1.74. The van der Waals surface area contributed by atoms with Crippen molar-refractivity contribution in [3.05, 3.63) is 15.6 Å². The number of halogens is 1. The lowest BCUT2D eigenvalue weighted by atomic mass is 10.0. The van der Waals surface area contributed by atoms with Gasteiger partial charge in [0, 0.05) is 24.0 Å². The van der Waals surface area contributed by atoms with Crippen LogP contribution in [0.3, 0.4) is 0 Å². The lowest BCUT2D eigenvalue weighted by Gasteiger charge is -2.33. The first-order chi connectivity index (χ1) is 12.1. The van der Waals surface area contributed by atoms with Crippen LogP contribution in [0, 0.1) is 13.8 Å². The third-order valence-electron chi connectivity index (χ3n) is 4.89. The van der Waals surface area contributed by atoms with Gasteiger partial charge in [-0.05, 0) is 66.5 Å². The van der Waals surface area contributed by atoms with Crippen molar-refractivity contribution in [2.45, 2.75) is 72.4 Å². The number of piperidine rings is 1. The van der Waals surface area contributed by atoms with Gasteiger partial charge in [-0.2, -0.15) is 0 Å². The van der Waals surface area contributed by atoms with E-state index in [1.54, 1.807) is 11.3 Å². The second-order valence-electron chi connectivity index (χ2n) is 6.96. The Morgan fingerprint density at radius 1 is 1.27 bits per heavy atom. The summed E-state index contributed by atoms with van der Waals surface area (Å²) < 4.78 is 0. The van der Waals surface area contributed by atoms with E-state index in [0.29, 0.717) is 6.54 Å². The van der Waals surface area contributed by atoms with Crippen molar-refractivity contribution in [2.75, 3.05) is 26.2 Å². The molecule has 0 saturated carbocycles. The number of likely N-dealkylation sites (tertiary alicyclic amines) is 1. The largest absolute Gasteiger partial charge is 0.357 e. The van der Waals surface area contributed by atoms with E-state index in [2.05, 4.69) is 53.2 Å². The van der Waals surface area contributed by atoms with E-state index in [9.17, 15) is 0 Å². The Hall–Kier alpha value is -0.410. The number of guanidine groups is 1. The fourth-order valence-corrected chi connectivity index (χ4v) is 4.09. The van der Waals surface area contributed by atoms with Gasteiger partial charge in [-0.3, -0.25) is 0 Å². The van der Waals surface area contributed by atoms with Gasteiger partial charge < -0.3 is 15.5 Å². The maximum absolute atomic E-state index is 4.67. The monoisotopic (exact) mass is 493 g/mol. The average molecular weight is 494 g/mol. The summed E-state index contributed by atoms with van der Waals surface area (Å²) in [5.74, 6) is 0.902. The maximum Gasteiger partial charge on any atom is 0.191 e. The lowest BCUT2D eigenvalue weighted by molar-refractivity contribution is 0.158. The number of unbranched alkanes of at least 4 members (excludes halogenated alkanes) is 1. The Morgan fingerprint density at radius 3 is 2.73 bits per heavy atom. The van der Waals surface area contributed by atoms with Crippen LogP contribution in [0.25, 0.3) is 0 Å². The Kier molecular flexibility index (Phi) is 11.7. The zero-order valence-electron chi connectivity index (χ0n) is 16.8. The molecule has 0 amide bonds. The smallest absolute Gasteiger partial charge is 0.191 e. The molecule has 1 atom stereocenters. The van der Waals surface area contributed by atoms with Crippen molar-refractivity contribution >= 4 is 41.3 Å². The van der Waals surface area contributed by atoms with Gasteiger partial charge in [0.2, 0.25) is 0 Å². The molecule has 2 N–H and O–H groups in total. The van der Waals surface area contributed by atoms with Crippen LogP contribution < -0.4 is 10.6 Å². The Bertz CT molecular complexity index is 527. The molecule has 0 radical (unpaired) electrons. The molecule has 1 aliphatic heterocycles. The highest BCUT2D eigenvalue weighted by molar-refractivity contribution is 14.0. The summed E-state index contributed by atoms with van der Waals surface area (Å²) in [7, 11) is 0. The number of thiazole rings is 1. The Morgan fingerprint density at radius 2 is 2.08 bits per heavy atom. The molecule has 1 aromatic rings. The maximum atomic E-state index is 4.67. The molecule has 1 aromatic heterocycles. The van der Waals surface area contributed by atoms with E-state index in [4.69, 9.17) is 0 Å². The van der Waals surface area contributed by atoms with Crippen molar-refractivity contribution in [2.24, 2.45) is 4.99 Å². The van der Waals surface area contributed by atoms with Crippen molar-refractivity contribution in [3.8, 4) is 0 Å². The third kappa shape index (κ3) is 8.08. The lowest BCUT2D eigenvalue weighted by Crippen LogP contribution is -2.39. The first-order valence-electron chi connectivity index (χ1n) is 9.79. The number of aliphatic imine (C=N–C) groups is 1. The highest BCUT2D eigenvalue weighted by Gasteiger charge is 2.16. The van der Waals surface area contributed by atoms with Gasteiger partial charge in [0.15, 0.2) is 5.96 Å². The minimum Gasteiger partial charge on any atom is -0.357 e. The number of aromatic nitrogens is 1. The molecule has 2 rings (SSSR count). The van der Waals surface area contributed by atoms with Gasteiger partial charge in [-0.15, -0.1) is 35.3 Å². The van der Waals surface area contributed by atoms with E-state index in [-0.39, 0.29) is 24.0 Å². The number of hydrogen-bond donors (Lipinski definition) is 2. The van der Waals surface area contributed by atoms with Crippen LogP contribution in [0.2, 0.25) is 0 Å². The Balaban J connectivity index is 0.00000338. The second kappa shape index (κ2) is 12.9. The van der Waals surface area contributed by atoms with Gasteiger partial charge >= 0.3 is 0 Å². The molecule has 0 bridgehead atoms. The molecule has 1 saturated heterocycles. The fraction of sp³-hybridized carbons (Fsp3) is 0.789. The number of nitrogens with one attached hydrogen (secondary N) is 2. The van der Waals surface area contributed by atoms with Gasteiger partial charge in [0.05, 0.1) is 12.2 Å². The predicted octanol–water partition coefficient (Wildman–Crippen LogP) is 4.09. The zero-order valence-corrected chi connectivity index (χ0v) is 20.0. The molecule has 0 aromatic carbocycles. The van der Waals surface area contributed by atoms with Crippen molar-refractivity contribution in [1.82, 2.24) is 20.5 Å². The number of nitrogens with zero attached hydrogens (tertiary/aromatic N) is 3.